The Balaban J connectivity index is 0.00000110. The Morgan fingerprint density at radius 3 is 2.10 bits per heavy atom. The summed E-state index contributed by atoms with van der Waals surface area (Å²) in [6, 6.07) is 0. The molecule has 0 aromatic rings. The maximum atomic E-state index is 12.0. The Morgan fingerprint density at radius 2 is 1.70 bits per heavy atom. The molecule has 116 valence electrons. The molecular formula is C15H27NO4. The normalized spacial score (nSPS) is 22.4. The Morgan fingerprint density at radius 1 is 1.20 bits per heavy atom. The minimum absolute atomic E-state index is 0.148. The number of piperidine rings is 1. The molecule has 0 spiro atoms. The van der Waals surface area contributed by atoms with Crippen molar-refractivity contribution in [3.8, 4) is 0 Å². The fourth-order valence-electron chi connectivity index (χ4n) is 2.57. The molecule has 2 atom stereocenters. The van der Waals surface area contributed by atoms with Crippen LogP contribution in [0.15, 0.2) is 0 Å². The first-order valence-corrected chi connectivity index (χ1v) is 7.26. The predicted molar refractivity (Wildman–Crippen MR) is 75.0 cm³/mol. The minimum Gasteiger partial charge on any atom is -0.444 e. The lowest BCUT2D eigenvalue weighted by Gasteiger charge is -2.38. The van der Waals surface area contributed by atoms with Gasteiger partial charge in [0.2, 0.25) is 0 Å². The molecule has 20 heavy (non-hydrogen) atoms. The molecule has 1 heterocycles. The second-order valence-corrected chi connectivity index (χ2v) is 6.14. The number of amides is 1. The third-order valence-corrected chi connectivity index (χ3v) is 3.59. The lowest BCUT2D eigenvalue weighted by atomic mass is 9.82. The van der Waals surface area contributed by atoms with Crippen LogP contribution in [0.25, 0.3) is 0 Å². The predicted octanol–water partition coefficient (Wildman–Crippen LogP) is 3.10. The van der Waals surface area contributed by atoms with E-state index in [2.05, 4.69) is 13.8 Å². The van der Waals surface area contributed by atoms with E-state index in [4.69, 9.17) is 14.3 Å². The summed E-state index contributed by atoms with van der Waals surface area (Å²) < 4.78 is 5.43. The molecule has 0 aromatic heterocycles. The fourth-order valence-corrected chi connectivity index (χ4v) is 2.57. The first-order chi connectivity index (χ1) is 9.28. The van der Waals surface area contributed by atoms with E-state index in [9.17, 15) is 4.79 Å². The van der Waals surface area contributed by atoms with Gasteiger partial charge in [-0.15, -0.1) is 0 Å². The van der Waals surface area contributed by atoms with Gasteiger partial charge >= 0.3 is 12.2 Å². The monoisotopic (exact) mass is 285 g/mol. The number of hydrogen-bond acceptors (Lipinski definition) is 4. The lowest BCUT2D eigenvalue weighted by Crippen LogP contribution is -2.45. The Bertz CT molecular complexity index is 329. The van der Waals surface area contributed by atoms with Crippen molar-refractivity contribution in [3.05, 3.63) is 0 Å². The van der Waals surface area contributed by atoms with Crippen LogP contribution in [0.4, 0.5) is 4.79 Å². The molecule has 0 N–H and O–H groups in total. The zero-order valence-electron chi connectivity index (χ0n) is 13.3. The number of ether oxygens (including phenoxy) is 1. The first-order valence-electron chi connectivity index (χ1n) is 7.26. The molecule has 5 nitrogen and oxygen atoms in total. The third-order valence-electron chi connectivity index (χ3n) is 3.59. The maximum Gasteiger partial charge on any atom is 0.410 e. The molecule has 0 aromatic carbocycles. The molecule has 0 bridgehead atoms. The van der Waals surface area contributed by atoms with Crippen LogP contribution in [0.1, 0.15) is 53.9 Å². The van der Waals surface area contributed by atoms with E-state index in [1.807, 2.05) is 25.7 Å². The van der Waals surface area contributed by atoms with Crippen molar-refractivity contribution in [3.63, 3.8) is 0 Å². The summed E-state index contributed by atoms with van der Waals surface area (Å²) in [7, 11) is 0. The van der Waals surface area contributed by atoms with Crippen molar-refractivity contribution < 1.29 is 19.1 Å². The zero-order chi connectivity index (χ0) is 15.8. The van der Waals surface area contributed by atoms with Gasteiger partial charge in [-0.3, -0.25) is 0 Å². The van der Waals surface area contributed by atoms with Crippen molar-refractivity contribution >= 4 is 12.2 Å². The highest BCUT2D eigenvalue weighted by molar-refractivity contribution is 5.68. The van der Waals surface area contributed by atoms with E-state index in [0.29, 0.717) is 5.92 Å². The summed E-state index contributed by atoms with van der Waals surface area (Å²) in [4.78, 5) is 30.1. The van der Waals surface area contributed by atoms with Gasteiger partial charge < -0.3 is 9.64 Å². The molecule has 1 rings (SSSR count). The van der Waals surface area contributed by atoms with Crippen LogP contribution >= 0.6 is 0 Å². The molecule has 0 saturated carbocycles. The van der Waals surface area contributed by atoms with E-state index in [-0.39, 0.29) is 17.8 Å². The van der Waals surface area contributed by atoms with Gasteiger partial charge in [0.1, 0.15) is 5.60 Å². The van der Waals surface area contributed by atoms with E-state index >= 15 is 0 Å². The SMILES string of the molecule is CCC1CCN(C(=O)OC(C)(C)C)CC1CC.O=C=O. The van der Waals surface area contributed by atoms with Gasteiger partial charge in [-0.1, -0.05) is 26.7 Å². The molecular weight excluding hydrogens is 258 g/mol. The Kier molecular flexibility index (Phi) is 8.16. The average Bonchev–Trinajstić information content (AvgIpc) is 2.36. The molecule has 1 fully saturated rings. The summed E-state index contributed by atoms with van der Waals surface area (Å²) >= 11 is 0. The topological polar surface area (TPSA) is 63.7 Å². The van der Waals surface area contributed by atoms with Crippen molar-refractivity contribution in [1.29, 1.82) is 0 Å². The Labute approximate surface area is 121 Å². The lowest BCUT2D eigenvalue weighted by molar-refractivity contribution is -0.191. The number of likely N-dealkylation sites (tertiary alicyclic amines) is 1. The van der Waals surface area contributed by atoms with Crippen LogP contribution in [-0.4, -0.2) is 35.8 Å². The third kappa shape index (κ3) is 6.71. The van der Waals surface area contributed by atoms with Crippen molar-refractivity contribution in [1.82, 2.24) is 4.90 Å². The van der Waals surface area contributed by atoms with Gasteiger partial charge in [-0.05, 0) is 39.0 Å². The van der Waals surface area contributed by atoms with Gasteiger partial charge in [-0.2, -0.15) is 9.59 Å². The quantitative estimate of drug-likeness (QED) is 0.782. The summed E-state index contributed by atoms with van der Waals surface area (Å²) in [6.45, 7) is 11.9. The molecule has 1 saturated heterocycles. The van der Waals surface area contributed by atoms with Crippen LogP contribution in [-0.2, 0) is 14.3 Å². The molecule has 0 radical (unpaired) electrons. The standard InChI is InChI=1S/C14H27NO2.CO2/c1-6-11-8-9-15(10-12(11)7-2)13(16)17-14(3,4)5;2-1-3/h11-12H,6-10H2,1-5H3;. The number of nitrogens with zero attached hydrogens (tertiary/aromatic N) is 1. The summed E-state index contributed by atoms with van der Waals surface area (Å²) in [5, 5.41) is 0. The van der Waals surface area contributed by atoms with Gasteiger partial charge in [0.25, 0.3) is 0 Å². The average molecular weight is 285 g/mol. The van der Waals surface area contributed by atoms with Crippen LogP contribution < -0.4 is 0 Å². The van der Waals surface area contributed by atoms with E-state index in [0.717, 1.165) is 31.8 Å². The van der Waals surface area contributed by atoms with Gasteiger partial charge in [0.15, 0.2) is 0 Å². The number of carbonyl (C=O) groups is 1. The van der Waals surface area contributed by atoms with Crippen LogP contribution in [0, 0.1) is 11.8 Å². The van der Waals surface area contributed by atoms with Crippen LogP contribution in [0.3, 0.4) is 0 Å². The van der Waals surface area contributed by atoms with Crippen molar-refractivity contribution in [2.75, 3.05) is 13.1 Å². The van der Waals surface area contributed by atoms with Crippen molar-refractivity contribution in [2.45, 2.75) is 59.5 Å². The molecule has 2 unspecified atom stereocenters. The Hall–Kier alpha value is -1.35. The van der Waals surface area contributed by atoms with Gasteiger partial charge in [0.05, 0.1) is 0 Å². The summed E-state index contributed by atoms with van der Waals surface area (Å²) in [5.41, 5.74) is -0.388. The summed E-state index contributed by atoms with van der Waals surface area (Å²) in [5.74, 6) is 1.42. The van der Waals surface area contributed by atoms with Crippen molar-refractivity contribution in [2.24, 2.45) is 11.8 Å². The molecule has 1 aliphatic heterocycles. The zero-order valence-corrected chi connectivity index (χ0v) is 13.3. The summed E-state index contributed by atoms with van der Waals surface area (Å²) in [6.07, 6.45) is 3.60. The smallest absolute Gasteiger partial charge is 0.410 e. The van der Waals surface area contributed by atoms with Crippen LogP contribution in [0.2, 0.25) is 0 Å². The second-order valence-electron chi connectivity index (χ2n) is 6.14. The van der Waals surface area contributed by atoms with E-state index in [1.165, 1.54) is 6.42 Å². The minimum atomic E-state index is -0.388. The fraction of sp³-hybridized carbons (Fsp3) is 0.867. The molecule has 0 aliphatic carbocycles. The largest absolute Gasteiger partial charge is 0.444 e. The highest BCUT2D eigenvalue weighted by Crippen LogP contribution is 2.29. The van der Waals surface area contributed by atoms with Gasteiger partial charge in [-0.25, -0.2) is 4.79 Å². The molecule has 5 heteroatoms. The molecule has 1 amide bonds. The van der Waals surface area contributed by atoms with Crippen LogP contribution in [0.5, 0.6) is 0 Å². The highest BCUT2D eigenvalue weighted by Gasteiger charge is 2.31. The molecule has 1 aliphatic rings. The highest BCUT2D eigenvalue weighted by atomic mass is 16.6. The number of rotatable bonds is 2. The maximum absolute atomic E-state index is 12.0. The number of carbonyl (C=O) groups excluding carboxylic acids is 3. The van der Waals surface area contributed by atoms with Gasteiger partial charge in [0, 0.05) is 13.1 Å². The van der Waals surface area contributed by atoms with E-state index in [1.54, 1.807) is 0 Å². The van der Waals surface area contributed by atoms with E-state index < -0.39 is 0 Å². The number of hydrogen-bond donors (Lipinski definition) is 0. The second kappa shape index (κ2) is 8.75. The first kappa shape index (κ1) is 18.7.